The van der Waals surface area contributed by atoms with Crippen molar-refractivity contribution in [2.24, 2.45) is 0 Å². The molecule has 0 spiro atoms. The van der Waals surface area contributed by atoms with E-state index in [2.05, 4.69) is 47.1 Å². The second kappa shape index (κ2) is 12.3. The molecule has 0 N–H and O–H groups in total. The topological polar surface area (TPSA) is 72.6 Å². The predicted molar refractivity (Wildman–Crippen MR) is 159 cm³/mol. The van der Waals surface area contributed by atoms with Crippen molar-refractivity contribution >= 4 is 46.1 Å². The second-order valence-electron chi connectivity index (χ2n) is 10.1. The molecule has 0 atom stereocenters. The van der Waals surface area contributed by atoms with E-state index in [9.17, 15) is 14.9 Å². The Morgan fingerprint density at radius 3 is 2.39 bits per heavy atom. The summed E-state index contributed by atoms with van der Waals surface area (Å²) in [7, 11) is 0. The average Bonchev–Trinajstić information content (AvgIpc) is 3.19. The van der Waals surface area contributed by atoms with Gasteiger partial charge < -0.3 is 4.90 Å². The van der Waals surface area contributed by atoms with Crippen molar-refractivity contribution in [1.82, 2.24) is 14.4 Å². The Morgan fingerprint density at radius 2 is 1.82 bits per heavy atom. The molecule has 0 radical (unpaired) electrons. The summed E-state index contributed by atoms with van der Waals surface area (Å²) in [6.07, 6.45) is 3.60. The zero-order chi connectivity index (χ0) is 27.4. The number of pyridine rings is 1. The van der Waals surface area contributed by atoms with E-state index in [1.54, 1.807) is 9.47 Å². The lowest BCUT2D eigenvalue weighted by molar-refractivity contribution is -0.123. The highest BCUT2D eigenvalue weighted by atomic mass is 32.2. The van der Waals surface area contributed by atoms with Gasteiger partial charge in [0.15, 0.2) is 0 Å². The first-order valence-electron chi connectivity index (χ1n) is 13.2. The zero-order valence-corrected chi connectivity index (χ0v) is 24.2. The van der Waals surface area contributed by atoms with Crippen LogP contribution >= 0.6 is 24.0 Å². The fourth-order valence-corrected chi connectivity index (χ4v) is 6.53. The molecule has 200 valence electrons. The molecule has 0 unspecified atom stereocenters. The molecule has 0 bridgehead atoms. The van der Waals surface area contributed by atoms with Gasteiger partial charge in [-0.15, -0.1) is 0 Å². The van der Waals surface area contributed by atoms with Crippen LogP contribution in [-0.2, 0) is 17.9 Å². The van der Waals surface area contributed by atoms with E-state index in [-0.39, 0.29) is 23.1 Å². The minimum atomic E-state index is -0.257. The van der Waals surface area contributed by atoms with Crippen LogP contribution in [0.25, 0.3) is 6.08 Å². The number of nitriles is 1. The fourth-order valence-electron chi connectivity index (χ4n) is 5.02. The molecular weight excluding hydrogens is 514 g/mol. The first-order chi connectivity index (χ1) is 18.3. The standard InChI is InChI=1S/C29H35N5O2S2/c1-5-6-12-33-26(32-15-13-31(14-16-32)19-22-10-8-7-9-11-22)23(21(4)24(18-30)27(33)35)17-25-28(36)34(20(2)3)29(37)38-25/h7-11,17,20H,5-6,12-16,19H2,1-4H3/b25-17-. The summed E-state index contributed by atoms with van der Waals surface area (Å²) >= 11 is 6.78. The largest absolute Gasteiger partial charge is 0.355 e. The van der Waals surface area contributed by atoms with Crippen LogP contribution < -0.4 is 10.5 Å². The Bertz CT molecular complexity index is 1340. The lowest BCUT2D eigenvalue weighted by atomic mass is 10.0. The quantitative estimate of drug-likeness (QED) is 0.347. The number of thioether (sulfide) groups is 1. The molecule has 2 saturated heterocycles. The average molecular weight is 550 g/mol. The summed E-state index contributed by atoms with van der Waals surface area (Å²) in [5, 5.41) is 9.91. The van der Waals surface area contributed by atoms with Crippen molar-refractivity contribution < 1.29 is 4.79 Å². The summed E-state index contributed by atoms with van der Waals surface area (Å²) in [5.41, 5.74) is 2.54. The maximum absolute atomic E-state index is 13.5. The minimum Gasteiger partial charge on any atom is -0.355 e. The number of nitrogens with zero attached hydrogens (tertiary/aromatic N) is 5. The number of aromatic nitrogens is 1. The first-order valence-corrected chi connectivity index (χ1v) is 14.4. The van der Waals surface area contributed by atoms with E-state index in [0.29, 0.717) is 21.3 Å². The number of thiocarbonyl (C=S) groups is 1. The Labute approximate surface area is 234 Å². The van der Waals surface area contributed by atoms with Crippen molar-refractivity contribution in [3.8, 4) is 6.07 Å². The van der Waals surface area contributed by atoms with Gasteiger partial charge in [-0.05, 0) is 44.4 Å². The van der Waals surface area contributed by atoms with E-state index >= 15 is 0 Å². The van der Waals surface area contributed by atoms with E-state index < -0.39 is 0 Å². The summed E-state index contributed by atoms with van der Waals surface area (Å²) in [5.74, 6) is 0.673. The summed E-state index contributed by atoms with van der Waals surface area (Å²) < 4.78 is 2.29. The highest BCUT2D eigenvalue weighted by Gasteiger charge is 2.35. The molecule has 1 aromatic carbocycles. The monoisotopic (exact) mass is 549 g/mol. The number of unbranched alkanes of at least 4 members (excludes halogenated alkanes) is 1. The number of rotatable bonds is 8. The van der Waals surface area contributed by atoms with E-state index in [1.165, 1.54) is 17.3 Å². The van der Waals surface area contributed by atoms with Gasteiger partial charge in [0, 0.05) is 50.9 Å². The first kappa shape index (κ1) is 28.1. The van der Waals surface area contributed by atoms with Crippen LogP contribution in [0.4, 0.5) is 5.82 Å². The predicted octanol–water partition coefficient (Wildman–Crippen LogP) is 4.76. The Balaban J connectivity index is 1.76. The summed E-state index contributed by atoms with van der Waals surface area (Å²) in [4.78, 5) is 33.6. The van der Waals surface area contributed by atoms with Crippen LogP contribution in [0.15, 0.2) is 40.0 Å². The molecular formula is C29H35N5O2S2. The van der Waals surface area contributed by atoms with Gasteiger partial charge in [0.2, 0.25) is 0 Å². The molecule has 0 aliphatic carbocycles. The number of carbonyl (C=O) groups is 1. The van der Waals surface area contributed by atoms with Crippen LogP contribution in [0.5, 0.6) is 0 Å². The third-order valence-electron chi connectivity index (χ3n) is 7.12. The molecule has 38 heavy (non-hydrogen) atoms. The van der Waals surface area contributed by atoms with Crippen molar-refractivity contribution in [3.05, 3.63) is 67.8 Å². The van der Waals surface area contributed by atoms with E-state index in [1.807, 2.05) is 32.9 Å². The maximum Gasteiger partial charge on any atom is 0.270 e. The van der Waals surface area contributed by atoms with Gasteiger partial charge in [0.25, 0.3) is 11.5 Å². The number of amides is 1. The molecule has 4 rings (SSSR count). The molecule has 9 heteroatoms. The number of carbonyl (C=O) groups excluding carboxylic acids is 1. The summed E-state index contributed by atoms with van der Waals surface area (Å²) in [6.45, 7) is 12.4. The molecule has 2 fully saturated rings. The van der Waals surface area contributed by atoms with Crippen molar-refractivity contribution in [1.29, 1.82) is 5.26 Å². The lowest BCUT2D eigenvalue weighted by Gasteiger charge is -2.38. The van der Waals surface area contributed by atoms with Crippen LogP contribution in [0.3, 0.4) is 0 Å². The highest BCUT2D eigenvalue weighted by Crippen LogP contribution is 2.37. The van der Waals surface area contributed by atoms with Gasteiger partial charge in [-0.2, -0.15) is 5.26 Å². The Morgan fingerprint density at radius 1 is 1.13 bits per heavy atom. The van der Waals surface area contributed by atoms with E-state index in [4.69, 9.17) is 12.2 Å². The molecule has 2 aromatic rings. The third-order valence-corrected chi connectivity index (χ3v) is 8.45. The molecule has 0 saturated carbocycles. The number of benzene rings is 1. The van der Waals surface area contributed by atoms with Gasteiger partial charge in [0.05, 0.1) is 4.91 Å². The van der Waals surface area contributed by atoms with Crippen molar-refractivity contribution in [2.75, 3.05) is 31.1 Å². The van der Waals surface area contributed by atoms with Gasteiger partial charge in [-0.3, -0.25) is 24.0 Å². The van der Waals surface area contributed by atoms with Crippen LogP contribution in [0.1, 0.15) is 55.9 Å². The van der Waals surface area contributed by atoms with Gasteiger partial charge in [0.1, 0.15) is 21.8 Å². The van der Waals surface area contributed by atoms with Crippen LogP contribution in [0.2, 0.25) is 0 Å². The van der Waals surface area contributed by atoms with Crippen LogP contribution in [-0.4, -0.2) is 56.8 Å². The number of hydrogen-bond acceptors (Lipinski definition) is 7. The second-order valence-corrected chi connectivity index (χ2v) is 11.7. The Hall–Kier alpha value is -2.93. The van der Waals surface area contributed by atoms with Crippen molar-refractivity contribution in [2.45, 2.75) is 59.7 Å². The molecule has 2 aliphatic rings. The maximum atomic E-state index is 13.5. The third kappa shape index (κ3) is 5.73. The SMILES string of the molecule is CCCCn1c(N2CCN(Cc3ccccc3)CC2)c(/C=C2\SC(=S)N(C(C)C)C2=O)c(C)c(C#N)c1=O. The molecule has 1 amide bonds. The smallest absolute Gasteiger partial charge is 0.270 e. The minimum absolute atomic E-state index is 0.0418. The number of hydrogen-bond donors (Lipinski definition) is 0. The number of anilines is 1. The van der Waals surface area contributed by atoms with E-state index in [0.717, 1.165) is 56.9 Å². The zero-order valence-electron chi connectivity index (χ0n) is 22.6. The number of piperazine rings is 1. The van der Waals surface area contributed by atoms with Gasteiger partial charge >= 0.3 is 0 Å². The highest BCUT2D eigenvalue weighted by molar-refractivity contribution is 8.26. The summed E-state index contributed by atoms with van der Waals surface area (Å²) in [6, 6.07) is 12.5. The van der Waals surface area contributed by atoms with Crippen LogP contribution in [0, 0.1) is 18.3 Å². The molecule has 1 aromatic heterocycles. The molecule has 2 aliphatic heterocycles. The van der Waals surface area contributed by atoms with Crippen molar-refractivity contribution in [3.63, 3.8) is 0 Å². The van der Waals surface area contributed by atoms with Gasteiger partial charge in [-0.1, -0.05) is 67.7 Å². The van der Waals surface area contributed by atoms with Gasteiger partial charge in [-0.25, -0.2) is 0 Å². The Kier molecular flexibility index (Phi) is 9.08. The molecule has 3 heterocycles. The lowest BCUT2D eigenvalue weighted by Crippen LogP contribution is -2.48. The molecule has 7 nitrogen and oxygen atoms in total. The normalized spacial score (nSPS) is 17.6. The fraction of sp³-hybridized carbons (Fsp3) is 0.448.